The molecule has 0 amide bonds. The second kappa shape index (κ2) is 6.86. The van der Waals surface area contributed by atoms with Crippen LogP contribution in [0.3, 0.4) is 0 Å². The summed E-state index contributed by atoms with van der Waals surface area (Å²) < 4.78 is 0. The molecule has 0 saturated carbocycles. The number of carbonyl (C=O) groups excluding carboxylic acids is 1. The first-order valence-electron chi connectivity index (χ1n) is 6.39. The van der Waals surface area contributed by atoms with Crippen LogP contribution in [0.4, 0.5) is 0 Å². The van der Waals surface area contributed by atoms with E-state index < -0.39 is 0 Å². The molecule has 0 atom stereocenters. The van der Waals surface area contributed by atoms with Crippen molar-refractivity contribution in [1.29, 1.82) is 0 Å². The van der Waals surface area contributed by atoms with Crippen LogP contribution in [0, 0.1) is 0 Å². The van der Waals surface area contributed by atoms with Gasteiger partial charge < -0.3 is 0 Å². The summed E-state index contributed by atoms with van der Waals surface area (Å²) in [6.45, 7) is 2.15. The van der Waals surface area contributed by atoms with Gasteiger partial charge in [0.15, 0.2) is 0 Å². The van der Waals surface area contributed by atoms with Crippen LogP contribution >= 0.6 is 22.7 Å². The van der Waals surface area contributed by atoms with Crippen LogP contribution in [-0.2, 0) is 24.1 Å². The molecule has 0 aliphatic heterocycles. The molecule has 0 bridgehead atoms. The molecule has 3 heteroatoms. The van der Waals surface area contributed by atoms with E-state index in [-0.39, 0.29) is 0 Å². The maximum absolute atomic E-state index is 11.8. The Hall–Kier alpha value is -0.930. The lowest BCUT2D eigenvalue weighted by atomic mass is 10.1. The van der Waals surface area contributed by atoms with Crippen molar-refractivity contribution in [2.24, 2.45) is 0 Å². The molecule has 2 aromatic heterocycles. The monoisotopic (exact) mass is 278 g/mol. The van der Waals surface area contributed by atoms with Crippen LogP contribution in [0.1, 0.15) is 34.4 Å². The highest BCUT2D eigenvalue weighted by Crippen LogP contribution is 2.19. The molecule has 0 saturated heterocycles. The molecule has 0 fully saturated rings. The van der Waals surface area contributed by atoms with Crippen molar-refractivity contribution in [3.63, 3.8) is 0 Å². The molecular weight excluding hydrogens is 260 g/mol. The van der Waals surface area contributed by atoms with E-state index in [1.165, 1.54) is 14.6 Å². The third-order valence-electron chi connectivity index (χ3n) is 2.90. The van der Waals surface area contributed by atoms with Gasteiger partial charge in [0.1, 0.15) is 5.78 Å². The van der Waals surface area contributed by atoms with Gasteiger partial charge in [-0.25, -0.2) is 0 Å². The summed E-state index contributed by atoms with van der Waals surface area (Å²) in [6.07, 6.45) is 4.41. The fourth-order valence-corrected chi connectivity index (χ4v) is 3.64. The summed E-state index contributed by atoms with van der Waals surface area (Å²) in [5.41, 5.74) is 0. The first-order valence-corrected chi connectivity index (χ1v) is 8.09. The number of carbonyl (C=O) groups is 1. The lowest BCUT2D eigenvalue weighted by molar-refractivity contribution is -0.118. The summed E-state index contributed by atoms with van der Waals surface area (Å²) in [5, 5.41) is 2.09. The Morgan fingerprint density at radius 3 is 2.67 bits per heavy atom. The highest BCUT2D eigenvalue weighted by molar-refractivity contribution is 7.12. The van der Waals surface area contributed by atoms with Gasteiger partial charge in [0, 0.05) is 27.5 Å². The fraction of sp³-hybridized carbons (Fsp3) is 0.400. The molecule has 96 valence electrons. The summed E-state index contributed by atoms with van der Waals surface area (Å²) in [5.74, 6) is 0.371. The first kappa shape index (κ1) is 13.5. The van der Waals surface area contributed by atoms with E-state index in [9.17, 15) is 4.79 Å². The SMILES string of the molecule is CCc1ccc(CC(=O)CCCc2cccs2)s1. The number of ketones is 1. The van der Waals surface area contributed by atoms with Gasteiger partial charge in [-0.2, -0.15) is 0 Å². The smallest absolute Gasteiger partial charge is 0.138 e. The van der Waals surface area contributed by atoms with Crippen molar-refractivity contribution in [1.82, 2.24) is 0 Å². The van der Waals surface area contributed by atoms with E-state index in [0.717, 1.165) is 19.3 Å². The van der Waals surface area contributed by atoms with Crippen LogP contribution in [-0.4, -0.2) is 5.78 Å². The molecule has 2 aromatic rings. The second-order valence-electron chi connectivity index (χ2n) is 4.37. The summed E-state index contributed by atoms with van der Waals surface area (Å²) >= 11 is 3.55. The van der Waals surface area contributed by atoms with Crippen LogP contribution < -0.4 is 0 Å². The normalized spacial score (nSPS) is 10.7. The minimum Gasteiger partial charge on any atom is -0.299 e. The second-order valence-corrected chi connectivity index (χ2v) is 6.66. The number of hydrogen-bond acceptors (Lipinski definition) is 3. The topological polar surface area (TPSA) is 17.1 Å². The maximum Gasteiger partial charge on any atom is 0.138 e. The Kier molecular flexibility index (Phi) is 5.14. The number of hydrogen-bond donors (Lipinski definition) is 0. The van der Waals surface area contributed by atoms with Crippen LogP contribution in [0.2, 0.25) is 0 Å². The molecule has 0 aromatic carbocycles. The average Bonchev–Trinajstić information content (AvgIpc) is 3.00. The third-order valence-corrected chi connectivity index (χ3v) is 5.06. The van der Waals surface area contributed by atoms with Crippen molar-refractivity contribution in [3.8, 4) is 0 Å². The van der Waals surface area contributed by atoms with Gasteiger partial charge in [0.2, 0.25) is 0 Å². The van der Waals surface area contributed by atoms with Gasteiger partial charge in [-0.3, -0.25) is 4.79 Å². The quantitative estimate of drug-likeness (QED) is 0.728. The van der Waals surface area contributed by atoms with E-state index in [4.69, 9.17) is 0 Å². The molecular formula is C15H18OS2. The van der Waals surface area contributed by atoms with E-state index in [1.807, 2.05) is 0 Å². The Balaban J connectivity index is 1.71. The Bertz CT molecular complexity index is 482. The molecule has 18 heavy (non-hydrogen) atoms. The predicted molar refractivity (Wildman–Crippen MR) is 79.7 cm³/mol. The van der Waals surface area contributed by atoms with Gasteiger partial charge >= 0.3 is 0 Å². The number of aryl methyl sites for hydroxylation is 2. The van der Waals surface area contributed by atoms with Crippen molar-refractivity contribution in [2.45, 2.75) is 39.0 Å². The van der Waals surface area contributed by atoms with Crippen molar-refractivity contribution >= 4 is 28.5 Å². The van der Waals surface area contributed by atoms with Crippen molar-refractivity contribution in [2.75, 3.05) is 0 Å². The fourth-order valence-electron chi connectivity index (χ4n) is 1.90. The maximum atomic E-state index is 11.8. The summed E-state index contributed by atoms with van der Waals surface area (Å²) in [6, 6.07) is 8.45. The Labute approximate surface area is 116 Å². The molecule has 0 N–H and O–H groups in total. The van der Waals surface area contributed by atoms with Gasteiger partial charge in [-0.1, -0.05) is 13.0 Å². The molecule has 2 rings (SSSR count). The number of thiophene rings is 2. The molecule has 0 radical (unpaired) electrons. The summed E-state index contributed by atoms with van der Waals surface area (Å²) in [7, 11) is 0. The standard InChI is InChI=1S/C15H18OS2/c1-2-13-8-9-15(18-13)11-12(16)5-3-6-14-7-4-10-17-14/h4,7-10H,2-3,5-6,11H2,1H3. The zero-order valence-corrected chi connectivity index (χ0v) is 12.3. The van der Waals surface area contributed by atoms with Crippen molar-refractivity contribution < 1.29 is 4.79 Å². The Morgan fingerprint density at radius 2 is 2.00 bits per heavy atom. The minimum atomic E-state index is 0.371. The molecule has 0 unspecified atom stereocenters. The molecule has 0 aliphatic rings. The van der Waals surface area contributed by atoms with Crippen LogP contribution in [0.5, 0.6) is 0 Å². The summed E-state index contributed by atoms with van der Waals surface area (Å²) in [4.78, 5) is 15.8. The van der Waals surface area contributed by atoms with Crippen molar-refractivity contribution in [3.05, 3.63) is 44.3 Å². The van der Waals surface area contributed by atoms with Crippen LogP contribution in [0.15, 0.2) is 29.6 Å². The van der Waals surface area contributed by atoms with E-state index in [1.54, 1.807) is 22.7 Å². The van der Waals surface area contributed by atoms with Gasteiger partial charge in [0.25, 0.3) is 0 Å². The first-order chi connectivity index (χ1) is 8.78. The van der Waals surface area contributed by atoms with Gasteiger partial charge in [-0.15, -0.1) is 22.7 Å². The van der Waals surface area contributed by atoms with Gasteiger partial charge in [0.05, 0.1) is 0 Å². The highest BCUT2D eigenvalue weighted by atomic mass is 32.1. The minimum absolute atomic E-state index is 0.371. The predicted octanol–water partition coefficient (Wildman–Crippen LogP) is 4.51. The Morgan fingerprint density at radius 1 is 1.17 bits per heavy atom. The lowest BCUT2D eigenvalue weighted by Crippen LogP contribution is -2.01. The average molecular weight is 278 g/mol. The molecule has 2 heterocycles. The number of Topliss-reactive ketones (excluding diaryl/α,β-unsaturated/α-hetero) is 1. The van der Waals surface area contributed by atoms with E-state index >= 15 is 0 Å². The third kappa shape index (κ3) is 4.07. The molecule has 0 spiro atoms. The molecule has 0 aliphatic carbocycles. The molecule has 1 nitrogen and oxygen atoms in total. The van der Waals surface area contributed by atoms with Crippen LogP contribution in [0.25, 0.3) is 0 Å². The van der Waals surface area contributed by atoms with E-state index in [0.29, 0.717) is 18.6 Å². The van der Waals surface area contributed by atoms with E-state index in [2.05, 4.69) is 36.6 Å². The number of rotatable bonds is 7. The van der Waals surface area contributed by atoms with Gasteiger partial charge in [-0.05, 0) is 42.8 Å². The zero-order valence-electron chi connectivity index (χ0n) is 10.6. The lowest BCUT2D eigenvalue weighted by Gasteiger charge is -1.98. The largest absolute Gasteiger partial charge is 0.299 e. The highest BCUT2D eigenvalue weighted by Gasteiger charge is 2.06. The zero-order chi connectivity index (χ0) is 12.8.